The number of benzene rings is 1. The highest BCUT2D eigenvalue weighted by atomic mass is 16.5. The van der Waals surface area contributed by atoms with Crippen molar-refractivity contribution in [2.45, 2.75) is 56.5 Å². The second-order valence-electron chi connectivity index (χ2n) is 9.13. The van der Waals surface area contributed by atoms with E-state index in [1.165, 1.54) is 50.5 Å². The second kappa shape index (κ2) is 10.1. The predicted octanol–water partition coefficient (Wildman–Crippen LogP) is 2.89. The maximum absolute atomic E-state index is 12.8. The molecule has 30 heavy (non-hydrogen) atoms. The highest BCUT2D eigenvalue weighted by Crippen LogP contribution is 2.41. The van der Waals surface area contributed by atoms with Gasteiger partial charge in [0.05, 0.1) is 26.9 Å². The summed E-state index contributed by atoms with van der Waals surface area (Å²) in [6.45, 7) is 4.70. The lowest BCUT2D eigenvalue weighted by Crippen LogP contribution is -2.60. The van der Waals surface area contributed by atoms with E-state index >= 15 is 0 Å². The normalized spacial score (nSPS) is 23.0. The summed E-state index contributed by atoms with van der Waals surface area (Å²) in [5, 5.41) is 6.80. The number of carbonyl (C=O) groups excluding carboxylic acids is 1. The number of nitrogens with one attached hydrogen (secondary N) is 2. The summed E-state index contributed by atoms with van der Waals surface area (Å²) in [4.78, 5) is 15.3. The fourth-order valence-electron chi connectivity index (χ4n) is 5.18. The number of rotatable bonds is 9. The van der Waals surface area contributed by atoms with Crippen molar-refractivity contribution in [3.05, 3.63) is 29.8 Å². The van der Waals surface area contributed by atoms with Gasteiger partial charge in [-0.25, -0.2) is 0 Å². The summed E-state index contributed by atoms with van der Waals surface area (Å²) in [6.07, 6.45) is 8.64. The summed E-state index contributed by atoms with van der Waals surface area (Å²) in [5.41, 5.74) is 1.35. The third-order valence-corrected chi connectivity index (χ3v) is 7.13. The minimum Gasteiger partial charge on any atom is -0.497 e. The Kier molecular flexibility index (Phi) is 7.28. The van der Waals surface area contributed by atoms with Gasteiger partial charge in [0.2, 0.25) is 5.91 Å². The molecule has 1 unspecified atom stereocenters. The van der Waals surface area contributed by atoms with Gasteiger partial charge in [-0.3, -0.25) is 9.69 Å². The maximum atomic E-state index is 12.8. The first-order valence-corrected chi connectivity index (χ1v) is 11.7. The number of hydrogen-bond donors (Lipinski definition) is 2. The van der Waals surface area contributed by atoms with Gasteiger partial charge in [-0.1, -0.05) is 31.4 Å². The topological polar surface area (TPSA) is 62.8 Å². The molecule has 1 saturated heterocycles. The van der Waals surface area contributed by atoms with Crippen LogP contribution in [0.2, 0.25) is 0 Å². The van der Waals surface area contributed by atoms with Crippen LogP contribution in [0.25, 0.3) is 0 Å². The summed E-state index contributed by atoms with van der Waals surface area (Å²) < 4.78 is 10.8. The van der Waals surface area contributed by atoms with Crippen molar-refractivity contribution in [1.82, 2.24) is 15.5 Å². The molecule has 0 radical (unpaired) electrons. The van der Waals surface area contributed by atoms with E-state index in [0.717, 1.165) is 38.6 Å². The Hall–Kier alpha value is -1.63. The second-order valence-corrected chi connectivity index (χ2v) is 9.13. The van der Waals surface area contributed by atoms with E-state index in [4.69, 9.17) is 9.47 Å². The van der Waals surface area contributed by atoms with Gasteiger partial charge in [-0.15, -0.1) is 0 Å². The SMILES string of the molecule is COc1ccc(C(NCC(=O)NCC2(N3CCOCC3)CCCCC2)C2CC2)cc1. The molecule has 4 rings (SSSR count). The van der Waals surface area contributed by atoms with E-state index in [1.807, 2.05) is 12.1 Å². The lowest BCUT2D eigenvalue weighted by atomic mass is 9.79. The number of methoxy groups -OCH3 is 1. The fraction of sp³-hybridized carbons (Fsp3) is 0.708. The standard InChI is InChI=1S/C24H37N3O3/c1-29-21-9-7-20(8-10-21)23(19-5-6-19)25-17-22(28)26-18-24(11-3-2-4-12-24)27-13-15-30-16-14-27/h7-10,19,23,25H,2-6,11-18H2,1H3,(H,26,28). The summed E-state index contributed by atoms with van der Waals surface area (Å²) in [7, 11) is 1.69. The number of ether oxygens (including phenoxy) is 2. The first kappa shape index (κ1) is 21.6. The van der Waals surface area contributed by atoms with E-state index < -0.39 is 0 Å². The van der Waals surface area contributed by atoms with E-state index in [9.17, 15) is 4.79 Å². The molecule has 1 aromatic rings. The summed E-state index contributed by atoms with van der Waals surface area (Å²) in [5.74, 6) is 1.60. The van der Waals surface area contributed by atoms with Crippen molar-refractivity contribution in [2.24, 2.45) is 5.92 Å². The lowest BCUT2D eigenvalue weighted by molar-refractivity contribution is -0.121. The fourth-order valence-corrected chi connectivity index (χ4v) is 5.18. The number of morpholine rings is 1. The van der Waals surface area contributed by atoms with Crippen molar-refractivity contribution in [2.75, 3.05) is 46.5 Å². The van der Waals surface area contributed by atoms with Gasteiger partial charge in [0, 0.05) is 31.2 Å². The zero-order valence-corrected chi connectivity index (χ0v) is 18.3. The Morgan fingerprint density at radius 1 is 1.17 bits per heavy atom. The highest BCUT2D eigenvalue weighted by molar-refractivity contribution is 5.78. The Morgan fingerprint density at radius 2 is 1.87 bits per heavy atom. The molecular formula is C24H37N3O3. The maximum Gasteiger partial charge on any atom is 0.234 e. The van der Waals surface area contributed by atoms with Gasteiger partial charge in [0.1, 0.15) is 5.75 Å². The third-order valence-electron chi connectivity index (χ3n) is 7.13. The van der Waals surface area contributed by atoms with Gasteiger partial charge >= 0.3 is 0 Å². The molecule has 0 aromatic heterocycles. The van der Waals surface area contributed by atoms with Gasteiger partial charge in [-0.05, 0) is 49.3 Å². The smallest absolute Gasteiger partial charge is 0.234 e. The molecule has 3 aliphatic rings. The zero-order valence-electron chi connectivity index (χ0n) is 18.3. The average molecular weight is 416 g/mol. The van der Waals surface area contributed by atoms with E-state index in [1.54, 1.807) is 7.11 Å². The Bertz CT molecular complexity index is 677. The average Bonchev–Trinajstić information content (AvgIpc) is 3.65. The van der Waals surface area contributed by atoms with Crippen LogP contribution in [0.5, 0.6) is 5.75 Å². The van der Waals surface area contributed by atoms with Gasteiger partial charge in [0.15, 0.2) is 0 Å². The number of hydrogen-bond acceptors (Lipinski definition) is 5. The van der Waals surface area contributed by atoms with Crippen molar-refractivity contribution in [3.63, 3.8) is 0 Å². The molecule has 2 N–H and O–H groups in total. The minimum absolute atomic E-state index is 0.104. The van der Waals surface area contributed by atoms with E-state index in [0.29, 0.717) is 12.5 Å². The molecule has 3 fully saturated rings. The van der Waals surface area contributed by atoms with Crippen LogP contribution in [0.1, 0.15) is 56.6 Å². The van der Waals surface area contributed by atoms with E-state index in [-0.39, 0.29) is 17.5 Å². The quantitative estimate of drug-likeness (QED) is 0.649. The molecule has 6 heteroatoms. The molecule has 1 aliphatic heterocycles. The molecule has 0 spiro atoms. The Balaban J connectivity index is 1.31. The number of carbonyl (C=O) groups is 1. The van der Waals surface area contributed by atoms with Crippen molar-refractivity contribution < 1.29 is 14.3 Å². The zero-order chi connectivity index (χ0) is 20.8. The van der Waals surface area contributed by atoms with Crippen LogP contribution < -0.4 is 15.4 Å². The van der Waals surface area contributed by atoms with Crippen LogP contribution in [-0.4, -0.2) is 62.8 Å². The van der Waals surface area contributed by atoms with Gasteiger partial charge < -0.3 is 20.1 Å². The van der Waals surface area contributed by atoms with Crippen molar-refractivity contribution in [3.8, 4) is 5.75 Å². The monoisotopic (exact) mass is 415 g/mol. The minimum atomic E-state index is 0.104. The molecule has 1 amide bonds. The molecular weight excluding hydrogens is 378 g/mol. The van der Waals surface area contributed by atoms with Crippen molar-refractivity contribution in [1.29, 1.82) is 0 Å². The third kappa shape index (κ3) is 5.34. The van der Waals surface area contributed by atoms with E-state index in [2.05, 4.69) is 27.7 Å². The van der Waals surface area contributed by atoms with Gasteiger partial charge in [-0.2, -0.15) is 0 Å². The Labute approximate surface area is 180 Å². The molecule has 2 saturated carbocycles. The van der Waals surface area contributed by atoms with Crippen LogP contribution >= 0.6 is 0 Å². The molecule has 0 bridgehead atoms. The molecule has 6 nitrogen and oxygen atoms in total. The number of nitrogens with zero attached hydrogens (tertiary/aromatic N) is 1. The van der Waals surface area contributed by atoms with Crippen LogP contribution in [0, 0.1) is 5.92 Å². The summed E-state index contributed by atoms with van der Waals surface area (Å²) in [6, 6.07) is 8.47. The molecule has 1 aromatic carbocycles. The molecule has 2 aliphatic carbocycles. The van der Waals surface area contributed by atoms with Crippen LogP contribution in [0.15, 0.2) is 24.3 Å². The van der Waals surface area contributed by atoms with Crippen LogP contribution in [0.4, 0.5) is 0 Å². The van der Waals surface area contributed by atoms with Crippen molar-refractivity contribution >= 4 is 5.91 Å². The summed E-state index contributed by atoms with van der Waals surface area (Å²) >= 11 is 0. The first-order chi connectivity index (χ1) is 14.7. The largest absolute Gasteiger partial charge is 0.497 e. The molecule has 1 heterocycles. The van der Waals surface area contributed by atoms with Crippen LogP contribution in [-0.2, 0) is 9.53 Å². The van der Waals surface area contributed by atoms with Crippen LogP contribution in [0.3, 0.4) is 0 Å². The Morgan fingerprint density at radius 3 is 2.50 bits per heavy atom. The lowest BCUT2D eigenvalue weighted by Gasteiger charge is -2.48. The first-order valence-electron chi connectivity index (χ1n) is 11.7. The molecule has 1 atom stereocenters. The number of amides is 1. The molecule has 166 valence electrons. The van der Waals surface area contributed by atoms with Gasteiger partial charge in [0.25, 0.3) is 0 Å². The highest BCUT2D eigenvalue weighted by Gasteiger charge is 2.39. The predicted molar refractivity (Wildman–Crippen MR) is 118 cm³/mol.